The normalized spacial score (nSPS) is 17.0. The fourth-order valence-corrected chi connectivity index (χ4v) is 2.68. The third-order valence-electron chi connectivity index (χ3n) is 3.07. The predicted molar refractivity (Wildman–Crippen MR) is 70.8 cm³/mol. The van der Waals surface area contributed by atoms with Gasteiger partial charge in [-0.05, 0) is 42.2 Å². The second kappa shape index (κ2) is 6.31. The average Bonchev–Trinajstić information content (AvgIpc) is 3.06. The predicted octanol–water partition coefficient (Wildman–Crippen LogP) is 2.20. The van der Waals surface area contributed by atoms with Gasteiger partial charge in [-0.15, -0.1) is 0 Å². The molecule has 0 saturated heterocycles. The van der Waals surface area contributed by atoms with Crippen molar-refractivity contribution >= 4 is 17.3 Å². The third kappa shape index (κ3) is 3.80. The van der Waals surface area contributed by atoms with E-state index in [1.54, 1.807) is 11.3 Å². The van der Waals surface area contributed by atoms with Crippen LogP contribution in [-0.2, 0) is 16.1 Å². The van der Waals surface area contributed by atoms with Crippen LogP contribution in [0.25, 0.3) is 0 Å². The Morgan fingerprint density at radius 1 is 1.67 bits per heavy atom. The highest BCUT2D eigenvalue weighted by molar-refractivity contribution is 7.07. The van der Waals surface area contributed by atoms with Crippen molar-refractivity contribution in [1.82, 2.24) is 4.90 Å². The van der Waals surface area contributed by atoms with E-state index in [9.17, 15) is 4.79 Å². The summed E-state index contributed by atoms with van der Waals surface area (Å²) in [6.45, 7) is 3.57. The van der Waals surface area contributed by atoms with Gasteiger partial charge >= 0.3 is 5.97 Å². The number of carboxylic acid groups (broad SMARTS) is 1. The number of ether oxygens (including phenoxy) is 1. The summed E-state index contributed by atoms with van der Waals surface area (Å²) in [4.78, 5) is 13.4. The van der Waals surface area contributed by atoms with Crippen molar-refractivity contribution in [3.63, 3.8) is 0 Å². The SMILES string of the molecule is CCOC(CN(Cc1ccsc1)C1CC1)C(=O)O. The summed E-state index contributed by atoms with van der Waals surface area (Å²) < 4.78 is 5.29. The molecule has 1 N–H and O–H groups in total. The minimum absolute atomic E-state index is 0.438. The van der Waals surface area contributed by atoms with Crippen molar-refractivity contribution in [2.75, 3.05) is 13.2 Å². The van der Waals surface area contributed by atoms with Gasteiger partial charge in [0.25, 0.3) is 0 Å². The molecule has 1 atom stereocenters. The molecule has 18 heavy (non-hydrogen) atoms. The van der Waals surface area contributed by atoms with Gasteiger partial charge < -0.3 is 9.84 Å². The molecule has 5 heteroatoms. The van der Waals surface area contributed by atoms with E-state index in [4.69, 9.17) is 9.84 Å². The number of thiophene rings is 1. The number of hydrogen-bond acceptors (Lipinski definition) is 4. The van der Waals surface area contributed by atoms with Gasteiger partial charge in [0.05, 0.1) is 0 Å². The van der Waals surface area contributed by atoms with Gasteiger partial charge in [0, 0.05) is 25.7 Å². The molecule has 1 aromatic rings. The average molecular weight is 269 g/mol. The van der Waals surface area contributed by atoms with Gasteiger partial charge in [-0.1, -0.05) is 0 Å². The Hall–Kier alpha value is -0.910. The fraction of sp³-hybridized carbons (Fsp3) is 0.615. The Bertz CT molecular complexity index is 376. The largest absolute Gasteiger partial charge is 0.479 e. The van der Waals surface area contributed by atoms with Crippen LogP contribution in [0.1, 0.15) is 25.3 Å². The molecular weight excluding hydrogens is 250 g/mol. The Kier molecular flexibility index (Phi) is 4.74. The Morgan fingerprint density at radius 3 is 2.94 bits per heavy atom. The van der Waals surface area contributed by atoms with Crippen LogP contribution in [-0.4, -0.2) is 41.3 Å². The summed E-state index contributed by atoms with van der Waals surface area (Å²) in [5, 5.41) is 13.3. The van der Waals surface area contributed by atoms with Gasteiger partial charge in [0.2, 0.25) is 0 Å². The molecule has 0 aromatic carbocycles. The minimum Gasteiger partial charge on any atom is -0.479 e. The van der Waals surface area contributed by atoms with E-state index in [-0.39, 0.29) is 0 Å². The Morgan fingerprint density at radius 2 is 2.44 bits per heavy atom. The number of carboxylic acids is 1. The molecule has 1 aromatic heterocycles. The molecule has 100 valence electrons. The molecule has 1 aliphatic carbocycles. The first kappa shape index (κ1) is 13.5. The van der Waals surface area contributed by atoms with Crippen molar-refractivity contribution in [3.8, 4) is 0 Å². The van der Waals surface area contributed by atoms with Crippen LogP contribution in [0.3, 0.4) is 0 Å². The highest BCUT2D eigenvalue weighted by atomic mass is 32.1. The van der Waals surface area contributed by atoms with Crippen LogP contribution < -0.4 is 0 Å². The van der Waals surface area contributed by atoms with E-state index in [2.05, 4.69) is 21.7 Å². The summed E-state index contributed by atoms with van der Waals surface area (Å²) in [5.41, 5.74) is 1.26. The van der Waals surface area contributed by atoms with Crippen LogP contribution >= 0.6 is 11.3 Å². The molecular formula is C13H19NO3S. The summed E-state index contributed by atoms with van der Waals surface area (Å²) in [6.07, 6.45) is 1.62. The van der Waals surface area contributed by atoms with Crippen molar-refractivity contribution < 1.29 is 14.6 Å². The summed E-state index contributed by atoms with van der Waals surface area (Å²) in [5.74, 6) is -0.868. The summed E-state index contributed by atoms with van der Waals surface area (Å²) >= 11 is 1.67. The van der Waals surface area contributed by atoms with Gasteiger partial charge in [-0.2, -0.15) is 11.3 Å². The van der Waals surface area contributed by atoms with E-state index < -0.39 is 12.1 Å². The van der Waals surface area contributed by atoms with Gasteiger partial charge in [-0.3, -0.25) is 4.90 Å². The Labute approximate surface area is 111 Å². The standard InChI is InChI=1S/C13H19NO3S/c1-2-17-12(13(15)16)8-14(11-3-4-11)7-10-5-6-18-9-10/h5-6,9,11-12H,2-4,7-8H2,1H3,(H,15,16). The van der Waals surface area contributed by atoms with Crippen LogP contribution in [0.5, 0.6) is 0 Å². The number of rotatable bonds is 8. The molecule has 0 radical (unpaired) electrons. The van der Waals surface area contributed by atoms with Crippen molar-refractivity contribution in [3.05, 3.63) is 22.4 Å². The lowest BCUT2D eigenvalue weighted by Crippen LogP contribution is -2.39. The second-order valence-electron chi connectivity index (χ2n) is 4.57. The molecule has 2 rings (SSSR count). The lowest BCUT2D eigenvalue weighted by molar-refractivity contribution is -0.151. The minimum atomic E-state index is -0.868. The third-order valence-corrected chi connectivity index (χ3v) is 3.80. The maximum absolute atomic E-state index is 11.1. The van der Waals surface area contributed by atoms with Crippen LogP contribution in [0, 0.1) is 0 Å². The van der Waals surface area contributed by atoms with Crippen molar-refractivity contribution in [2.45, 2.75) is 38.5 Å². The molecule has 1 saturated carbocycles. The molecule has 0 aliphatic heterocycles. The molecule has 0 bridgehead atoms. The lowest BCUT2D eigenvalue weighted by atomic mass is 10.2. The summed E-state index contributed by atoms with van der Waals surface area (Å²) in [7, 11) is 0. The Balaban J connectivity index is 1.94. The maximum atomic E-state index is 11.1. The molecule has 1 unspecified atom stereocenters. The molecule has 0 amide bonds. The maximum Gasteiger partial charge on any atom is 0.334 e. The smallest absolute Gasteiger partial charge is 0.334 e. The van der Waals surface area contributed by atoms with Crippen LogP contribution in [0.4, 0.5) is 0 Å². The molecule has 1 aliphatic rings. The van der Waals surface area contributed by atoms with Gasteiger partial charge in [0.1, 0.15) is 0 Å². The number of nitrogens with zero attached hydrogens (tertiary/aromatic N) is 1. The van der Waals surface area contributed by atoms with E-state index in [0.29, 0.717) is 19.2 Å². The molecule has 1 heterocycles. The van der Waals surface area contributed by atoms with E-state index >= 15 is 0 Å². The van der Waals surface area contributed by atoms with Crippen LogP contribution in [0.2, 0.25) is 0 Å². The zero-order valence-electron chi connectivity index (χ0n) is 10.5. The van der Waals surface area contributed by atoms with E-state index in [1.165, 1.54) is 18.4 Å². The van der Waals surface area contributed by atoms with Gasteiger partial charge in [0.15, 0.2) is 6.10 Å². The lowest BCUT2D eigenvalue weighted by Gasteiger charge is -2.25. The zero-order chi connectivity index (χ0) is 13.0. The van der Waals surface area contributed by atoms with Crippen molar-refractivity contribution in [2.24, 2.45) is 0 Å². The van der Waals surface area contributed by atoms with Crippen molar-refractivity contribution in [1.29, 1.82) is 0 Å². The van der Waals surface area contributed by atoms with Crippen LogP contribution in [0.15, 0.2) is 16.8 Å². The fourth-order valence-electron chi connectivity index (χ4n) is 2.02. The number of hydrogen-bond donors (Lipinski definition) is 1. The molecule has 1 fully saturated rings. The first-order valence-corrected chi connectivity index (χ1v) is 7.24. The second-order valence-corrected chi connectivity index (χ2v) is 5.35. The molecule has 4 nitrogen and oxygen atoms in total. The zero-order valence-corrected chi connectivity index (χ0v) is 11.4. The van der Waals surface area contributed by atoms with E-state index in [1.807, 2.05) is 6.92 Å². The number of aliphatic carboxylic acids is 1. The first-order valence-electron chi connectivity index (χ1n) is 6.30. The topological polar surface area (TPSA) is 49.8 Å². The quantitative estimate of drug-likeness (QED) is 0.786. The monoisotopic (exact) mass is 269 g/mol. The number of carbonyl (C=O) groups is 1. The highest BCUT2D eigenvalue weighted by Crippen LogP contribution is 2.29. The molecule has 0 spiro atoms. The van der Waals surface area contributed by atoms with E-state index in [0.717, 1.165) is 6.54 Å². The highest BCUT2D eigenvalue weighted by Gasteiger charge is 2.32. The first-order chi connectivity index (χ1) is 8.70. The van der Waals surface area contributed by atoms with Gasteiger partial charge in [-0.25, -0.2) is 4.79 Å². The summed E-state index contributed by atoms with van der Waals surface area (Å²) in [6, 6.07) is 2.63.